The van der Waals surface area contributed by atoms with Crippen LogP contribution in [-0.4, -0.2) is 32.1 Å². The lowest BCUT2D eigenvalue weighted by Gasteiger charge is -2.11. The van der Waals surface area contributed by atoms with E-state index in [0.717, 1.165) is 16.5 Å². The molecular formula is C22H19N5O2. The lowest BCUT2D eigenvalue weighted by Crippen LogP contribution is -2.22. The van der Waals surface area contributed by atoms with E-state index < -0.39 is 0 Å². The first-order valence-corrected chi connectivity index (χ1v) is 9.36. The molecule has 144 valence electrons. The number of benzene rings is 2. The van der Waals surface area contributed by atoms with Crippen LogP contribution in [0.2, 0.25) is 0 Å². The number of hydrogen-bond donors (Lipinski definition) is 1. The maximum absolute atomic E-state index is 13.5. The Bertz CT molecular complexity index is 1290. The van der Waals surface area contributed by atoms with Crippen molar-refractivity contribution in [2.75, 3.05) is 12.5 Å². The van der Waals surface area contributed by atoms with E-state index in [9.17, 15) is 9.59 Å². The second-order valence-corrected chi connectivity index (χ2v) is 7.19. The maximum atomic E-state index is 13.5. The van der Waals surface area contributed by atoms with Crippen molar-refractivity contribution in [3.8, 4) is 0 Å². The molecule has 3 heterocycles. The van der Waals surface area contributed by atoms with E-state index in [-0.39, 0.29) is 11.5 Å². The molecule has 0 saturated heterocycles. The summed E-state index contributed by atoms with van der Waals surface area (Å²) in [4.78, 5) is 29.4. The van der Waals surface area contributed by atoms with E-state index in [1.165, 1.54) is 10.9 Å². The summed E-state index contributed by atoms with van der Waals surface area (Å²) in [5.41, 5.74) is 5.97. The van der Waals surface area contributed by atoms with Gasteiger partial charge in [-0.25, -0.2) is 5.01 Å². The number of fused-ring (bicyclic) bond motifs is 2. The van der Waals surface area contributed by atoms with Gasteiger partial charge in [-0.3, -0.25) is 14.2 Å². The standard InChI is InChI=1S/C22H19N5O2/c1-25-12-18-20(24-25)27(14-23-21(18)28)22(29)17-13-26(11-15-7-3-2-4-8-15)19-10-6-5-9-16(17)19/h2-10,13-14,24H,11-12H2,1H3. The second kappa shape index (κ2) is 6.72. The first kappa shape index (κ1) is 17.4. The highest BCUT2D eigenvalue weighted by atomic mass is 16.2. The summed E-state index contributed by atoms with van der Waals surface area (Å²) < 4.78 is 3.50. The molecule has 1 N–H and O–H groups in total. The van der Waals surface area contributed by atoms with E-state index in [1.807, 2.05) is 55.7 Å². The monoisotopic (exact) mass is 385 g/mol. The van der Waals surface area contributed by atoms with Gasteiger partial charge in [0.25, 0.3) is 11.5 Å². The van der Waals surface area contributed by atoms with Crippen LogP contribution >= 0.6 is 0 Å². The van der Waals surface area contributed by atoms with Gasteiger partial charge in [-0.15, -0.1) is 0 Å². The molecule has 0 radical (unpaired) electrons. The van der Waals surface area contributed by atoms with Crippen molar-refractivity contribution in [3.05, 3.63) is 94.2 Å². The molecule has 0 saturated carbocycles. The number of hydrogen-bond acceptors (Lipinski definition) is 5. The summed E-state index contributed by atoms with van der Waals surface area (Å²) >= 11 is 0. The van der Waals surface area contributed by atoms with Crippen molar-refractivity contribution in [2.24, 2.45) is 0 Å². The highest BCUT2D eigenvalue weighted by molar-refractivity contribution is 6.09. The average Bonchev–Trinajstić information content (AvgIpc) is 3.30. The minimum absolute atomic E-state index is 0.223. The Morgan fingerprint density at radius 3 is 2.69 bits per heavy atom. The zero-order valence-corrected chi connectivity index (χ0v) is 15.9. The van der Waals surface area contributed by atoms with Crippen LogP contribution in [0.3, 0.4) is 0 Å². The molecule has 4 aromatic rings. The minimum Gasteiger partial charge on any atom is -0.342 e. The number of carbonyl (C=O) groups excluding carboxylic acids is 1. The van der Waals surface area contributed by atoms with E-state index >= 15 is 0 Å². The van der Waals surface area contributed by atoms with Gasteiger partial charge in [0.05, 0.1) is 17.7 Å². The van der Waals surface area contributed by atoms with Crippen molar-refractivity contribution in [1.82, 2.24) is 19.1 Å². The number of carbonyl (C=O) groups is 1. The van der Waals surface area contributed by atoms with Crippen molar-refractivity contribution < 1.29 is 4.79 Å². The molecule has 0 atom stereocenters. The van der Waals surface area contributed by atoms with Crippen LogP contribution < -0.4 is 11.0 Å². The molecule has 7 nitrogen and oxygen atoms in total. The number of para-hydroxylation sites is 1. The van der Waals surface area contributed by atoms with Gasteiger partial charge in [0.15, 0.2) is 0 Å². The Labute approximate surface area is 166 Å². The zero-order valence-electron chi connectivity index (χ0n) is 15.9. The predicted octanol–water partition coefficient (Wildman–Crippen LogP) is 2.71. The third kappa shape index (κ3) is 2.92. The van der Waals surface area contributed by atoms with Crippen LogP contribution in [0.25, 0.3) is 10.9 Å². The Hall–Kier alpha value is -3.71. The van der Waals surface area contributed by atoms with Crippen molar-refractivity contribution in [3.63, 3.8) is 0 Å². The summed E-state index contributed by atoms with van der Waals surface area (Å²) in [6.07, 6.45) is 3.18. The summed E-state index contributed by atoms with van der Waals surface area (Å²) in [6, 6.07) is 18.0. The smallest absolute Gasteiger partial charge is 0.279 e. The van der Waals surface area contributed by atoms with E-state index in [1.54, 1.807) is 5.01 Å². The van der Waals surface area contributed by atoms with E-state index in [0.29, 0.717) is 30.0 Å². The van der Waals surface area contributed by atoms with Crippen LogP contribution in [0.4, 0.5) is 5.82 Å². The van der Waals surface area contributed by atoms with Crippen molar-refractivity contribution in [2.45, 2.75) is 13.1 Å². The molecule has 0 bridgehead atoms. The fourth-order valence-electron chi connectivity index (χ4n) is 3.83. The minimum atomic E-state index is -0.313. The highest BCUT2D eigenvalue weighted by Crippen LogP contribution is 2.26. The number of hydrazine groups is 1. The second-order valence-electron chi connectivity index (χ2n) is 7.19. The normalized spacial score (nSPS) is 13.4. The lowest BCUT2D eigenvalue weighted by atomic mass is 10.1. The third-order valence-corrected chi connectivity index (χ3v) is 5.20. The van der Waals surface area contributed by atoms with Gasteiger partial charge < -0.3 is 9.99 Å². The number of nitrogens with zero attached hydrogens (tertiary/aromatic N) is 4. The molecular weight excluding hydrogens is 366 g/mol. The van der Waals surface area contributed by atoms with Gasteiger partial charge in [0, 0.05) is 30.7 Å². The predicted molar refractivity (Wildman–Crippen MR) is 111 cm³/mol. The Morgan fingerprint density at radius 1 is 1.10 bits per heavy atom. The van der Waals surface area contributed by atoms with Gasteiger partial charge in [-0.2, -0.15) is 4.98 Å². The number of aromatic nitrogens is 3. The molecule has 7 heteroatoms. The fourth-order valence-corrected chi connectivity index (χ4v) is 3.83. The molecule has 0 unspecified atom stereocenters. The molecule has 5 rings (SSSR count). The van der Waals surface area contributed by atoms with Crippen LogP contribution in [-0.2, 0) is 13.1 Å². The Balaban J connectivity index is 1.62. The largest absolute Gasteiger partial charge is 0.342 e. The van der Waals surface area contributed by atoms with Gasteiger partial charge in [-0.1, -0.05) is 48.5 Å². The molecule has 2 aromatic carbocycles. The average molecular weight is 385 g/mol. The molecule has 1 aliphatic heterocycles. The summed E-state index contributed by atoms with van der Waals surface area (Å²) in [5.74, 6) is 0.261. The van der Waals surface area contributed by atoms with Crippen LogP contribution in [0, 0.1) is 0 Å². The molecule has 0 amide bonds. The number of rotatable bonds is 3. The maximum Gasteiger partial charge on any atom is 0.279 e. The summed E-state index contributed by atoms with van der Waals surface area (Å²) in [6.45, 7) is 1.07. The molecule has 29 heavy (non-hydrogen) atoms. The first-order chi connectivity index (χ1) is 14.1. The topological polar surface area (TPSA) is 72.2 Å². The quantitative estimate of drug-likeness (QED) is 0.587. The summed E-state index contributed by atoms with van der Waals surface area (Å²) in [5, 5.41) is 2.63. The third-order valence-electron chi connectivity index (χ3n) is 5.20. The van der Waals surface area contributed by atoms with Crippen LogP contribution in [0.15, 0.2) is 71.9 Å². The fraction of sp³-hybridized carbons (Fsp3) is 0.136. The Kier molecular flexibility index (Phi) is 4.03. The molecule has 1 aliphatic rings. The van der Waals surface area contributed by atoms with E-state index in [2.05, 4.69) is 27.1 Å². The van der Waals surface area contributed by atoms with Crippen molar-refractivity contribution >= 4 is 22.6 Å². The van der Waals surface area contributed by atoms with Crippen molar-refractivity contribution in [1.29, 1.82) is 0 Å². The Morgan fingerprint density at radius 2 is 1.86 bits per heavy atom. The van der Waals surface area contributed by atoms with E-state index in [4.69, 9.17) is 0 Å². The zero-order chi connectivity index (χ0) is 20.0. The molecule has 2 aromatic heterocycles. The van der Waals surface area contributed by atoms with Crippen LogP contribution in [0.1, 0.15) is 21.5 Å². The number of nitrogens with one attached hydrogen (secondary N) is 1. The SMILES string of the molecule is CN1Cc2c(n(C(=O)c3cn(Cc4ccccc4)c4ccccc34)cnc2=O)N1. The lowest BCUT2D eigenvalue weighted by molar-refractivity contribution is 0.0961. The highest BCUT2D eigenvalue weighted by Gasteiger charge is 2.26. The van der Waals surface area contributed by atoms with Gasteiger partial charge >= 0.3 is 0 Å². The number of anilines is 1. The first-order valence-electron chi connectivity index (χ1n) is 9.36. The van der Waals surface area contributed by atoms with Gasteiger partial charge in [-0.05, 0) is 11.6 Å². The van der Waals surface area contributed by atoms with Gasteiger partial charge in [0.2, 0.25) is 0 Å². The molecule has 0 fully saturated rings. The molecule has 0 spiro atoms. The van der Waals surface area contributed by atoms with Gasteiger partial charge in [0.1, 0.15) is 12.1 Å². The summed E-state index contributed by atoms with van der Waals surface area (Å²) in [7, 11) is 1.82. The molecule has 0 aliphatic carbocycles. The van der Waals surface area contributed by atoms with Crippen LogP contribution in [0.5, 0.6) is 0 Å².